The first-order chi connectivity index (χ1) is 17.7. The molecule has 184 valence electrons. The van der Waals surface area contributed by atoms with Crippen LogP contribution in [0.5, 0.6) is 5.75 Å². The molecule has 1 fully saturated rings. The summed E-state index contributed by atoms with van der Waals surface area (Å²) in [6.45, 7) is 5.46. The maximum Gasteiger partial charge on any atom is 0.338 e. The minimum absolute atomic E-state index is 0.209. The molecule has 5 rings (SSSR count). The molecule has 36 heavy (non-hydrogen) atoms. The van der Waals surface area contributed by atoms with E-state index in [1.807, 2.05) is 37.5 Å². The number of aryl methyl sites for hydroxylation is 1. The lowest BCUT2D eigenvalue weighted by Gasteiger charge is -2.19. The van der Waals surface area contributed by atoms with Crippen molar-refractivity contribution in [2.75, 3.05) is 31.6 Å². The van der Waals surface area contributed by atoms with Gasteiger partial charge in [-0.1, -0.05) is 42.5 Å². The van der Waals surface area contributed by atoms with Crippen molar-refractivity contribution in [3.63, 3.8) is 0 Å². The second-order valence-corrected chi connectivity index (χ2v) is 9.22. The quantitative estimate of drug-likeness (QED) is 0.253. The molecular weight excluding hydrogens is 450 g/mol. The van der Waals surface area contributed by atoms with Crippen LogP contribution in [0.2, 0.25) is 0 Å². The third-order valence-corrected chi connectivity index (χ3v) is 6.56. The van der Waals surface area contributed by atoms with Crippen LogP contribution in [-0.2, 0) is 11.3 Å². The number of hydrogen-bond acceptors (Lipinski definition) is 6. The summed E-state index contributed by atoms with van der Waals surface area (Å²) >= 11 is 0. The summed E-state index contributed by atoms with van der Waals surface area (Å²) in [5.74, 6) is 0.503. The lowest BCUT2D eigenvalue weighted by atomic mass is 10.1. The molecular formula is C30H31N3O3. The van der Waals surface area contributed by atoms with Gasteiger partial charge >= 0.3 is 5.97 Å². The van der Waals surface area contributed by atoms with Crippen LogP contribution in [0.3, 0.4) is 0 Å². The number of nitrogens with one attached hydrogen (secondary N) is 1. The van der Waals surface area contributed by atoms with Gasteiger partial charge in [0.2, 0.25) is 0 Å². The van der Waals surface area contributed by atoms with Gasteiger partial charge in [-0.05, 0) is 54.8 Å². The van der Waals surface area contributed by atoms with Crippen molar-refractivity contribution in [3.05, 3.63) is 102 Å². The Hall–Kier alpha value is -3.90. The largest absolute Gasteiger partial charge is 0.490 e. The van der Waals surface area contributed by atoms with E-state index in [4.69, 9.17) is 9.47 Å². The Morgan fingerprint density at radius 1 is 1.06 bits per heavy atom. The number of fused-ring (bicyclic) bond motifs is 1. The Labute approximate surface area is 211 Å². The van der Waals surface area contributed by atoms with Crippen LogP contribution in [0.25, 0.3) is 10.8 Å². The predicted molar refractivity (Wildman–Crippen MR) is 142 cm³/mol. The third-order valence-electron chi connectivity index (χ3n) is 6.56. The van der Waals surface area contributed by atoms with Crippen molar-refractivity contribution in [3.8, 4) is 5.75 Å². The molecule has 6 heteroatoms. The lowest BCUT2D eigenvalue weighted by molar-refractivity contribution is 0.0450. The van der Waals surface area contributed by atoms with Crippen LogP contribution >= 0.6 is 0 Å². The number of carbonyl (C=O) groups excluding carboxylic acids is 1. The number of pyridine rings is 1. The van der Waals surface area contributed by atoms with Gasteiger partial charge in [-0.3, -0.25) is 9.88 Å². The minimum atomic E-state index is -0.331. The highest BCUT2D eigenvalue weighted by molar-refractivity contribution is 5.93. The fraction of sp³-hybridized carbons (Fsp3) is 0.267. The Kier molecular flexibility index (Phi) is 7.43. The fourth-order valence-corrected chi connectivity index (χ4v) is 4.66. The number of aromatic nitrogens is 1. The van der Waals surface area contributed by atoms with Gasteiger partial charge in [0.05, 0.1) is 5.56 Å². The molecule has 1 N–H and O–H groups in total. The van der Waals surface area contributed by atoms with E-state index >= 15 is 0 Å². The summed E-state index contributed by atoms with van der Waals surface area (Å²) in [6.07, 6.45) is 4.86. The Bertz CT molecular complexity index is 1320. The van der Waals surface area contributed by atoms with Crippen molar-refractivity contribution in [2.45, 2.75) is 25.9 Å². The predicted octanol–water partition coefficient (Wildman–Crippen LogP) is 5.47. The van der Waals surface area contributed by atoms with E-state index in [-0.39, 0.29) is 12.6 Å². The molecule has 0 saturated carbocycles. The molecule has 0 radical (unpaired) electrons. The van der Waals surface area contributed by atoms with Crippen molar-refractivity contribution in [2.24, 2.45) is 0 Å². The molecule has 0 bridgehead atoms. The van der Waals surface area contributed by atoms with Crippen molar-refractivity contribution >= 4 is 22.4 Å². The number of benzene rings is 3. The SMILES string of the molecule is Cc1ccc(CN2CC[C@@H](Nc3cccc4cnccc34)C2)cc1OCCOC(=O)c1ccccc1. The second kappa shape index (κ2) is 11.2. The standard InChI is InChI=1S/C30H31N3O3/c1-22-10-11-23(18-29(22)35-16-17-36-30(34)24-6-3-2-4-7-24)20-33-15-13-26(21-33)32-28-9-5-8-25-19-31-14-12-27(25)28/h2-12,14,18-19,26,32H,13,15-17,20-21H2,1H3/t26-/m1/s1. The van der Waals surface area contributed by atoms with Crippen molar-refractivity contribution < 1.29 is 14.3 Å². The second-order valence-electron chi connectivity index (χ2n) is 9.22. The molecule has 1 atom stereocenters. The van der Waals surface area contributed by atoms with Gasteiger partial charge in [0.15, 0.2) is 0 Å². The summed E-state index contributed by atoms with van der Waals surface area (Å²) in [4.78, 5) is 18.8. The summed E-state index contributed by atoms with van der Waals surface area (Å²) in [5, 5.41) is 6.10. The molecule has 1 aliphatic rings. The molecule has 0 spiro atoms. The average molecular weight is 482 g/mol. The normalized spacial score (nSPS) is 15.6. The minimum Gasteiger partial charge on any atom is -0.490 e. The first kappa shape index (κ1) is 23.8. The first-order valence-electron chi connectivity index (χ1n) is 12.4. The van der Waals surface area contributed by atoms with E-state index in [1.165, 1.54) is 16.6 Å². The number of anilines is 1. The Balaban J connectivity index is 1.12. The summed E-state index contributed by atoms with van der Waals surface area (Å²) in [7, 11) is 0. The molecule has 0 amide bonds. The fourth-order valence-electron chi connectivity index (χ4n) is 4.66. The van der Waals surface area contributed by atoms with Crippen LogP contribution in [0.4, 0.5) is 5.69 Å². The number of hydrogen-bond donors (Lipinski definition) is 1. The summed E-state index contributed by atoms with van der Waals surface area (Å²) < 4.78 is 11.3. The van der Waals surface area contributed by atoms with Crippen LogP contribution < -0.4 is 10.1 Å². The van der Waals surface area contributed by atoms with E-state index in [0.29, 0.717) is 18.2 Å². The highest BCUT2D eigenvalue weighted by atomic mass is 16.6. The topological polar surface area (TPSA) is 63.7 Å². The van der Waals surface area contributed by atoms with Gasteiger partial charge in [0.1, 0.15) is 19.0 Å². The van der Waals surface area contributed by atoms with E-state index in [2.05, 4.69) is 57.7 Å². The smallest absolute Gasteiger partial charge is 0.338 e. The molecule has 0 aliphatic carbocycles. The number of nitrogens with zero attached hydrogens (tertiary/aromatic N) is 2. The third kappa shape index (κ3) is 5.83. The van der Waals surface area contributed by atoms with Gasteiger partial charge in [0.25, 0.3) is 0 Å². The van der Waals surface area contributed by atoms with Gasteiger partial charge in [0, 0.05) is 54.5 Å². The zero-order valence-corrected chi connectivity index (χ0v) is 20.5. The number of carbonyl (C=O) groups is 1. The van der Waals surface area contributed by atoms with Crippen molar-refractivity contribution in [1.29, 1.82) is 0 Å². The van der Waals surface area contributed by atoms with Crippen LogP contribution in [0.15, 0.2) is 85.2 Å². The van der Waals surface area contributed by atoms with E-state index in [9.17, 15) is 4.79 Å². The molecule has 1 aliphatic heterocycles. The maximum absolute atomic E-state index is 12.1. The number of ether oxygens (including phenoxy) is 2. The molecule has 4 aromatic rings. The highest BCUT2D eigenvalue weighted by Gasteiger charge is 2.23. The van der Waals surface area contributed by atoms with Gasteiger partial charge < -0.3 is 14.8 Å². The number of rotatable bonds is 9. The van der Waals surface area contributed by atoms with Crippen LogP contribution in [0.1, 0.15) is 27.9 Å². The first-order valence-corrected chi connectivity index (χ1v) is 12.4. The molecule has 1 saturated heterocycles. The zero-order chi connectivity index (χ0) is 24.7. The Morgan fingerprint density at radius 3 is 2.83 bits per heavy atom. The number of esters is 1. The Morgan fingerprint density at radius 2 is 1.94 bits per heavy atom. The molecule has 1 aromatic heterocycles. The van der Waals surface area contributed by atoms with Gasteiger partial charge in [-0.25, -0.2) is 4.79 Å². The molecule has 2 heterocycles. The number of likely N-dealkylation sites (tertiary alicyclic amines) is 1. The molecule has 3 aromatic carbocycles. The summed E-state index contributed by atoms with van der Waals surface area (Å²) in [6, 6.07) is 24.2. The lowest BCUT2D eigenvalue weighted by Crippen LogP contribution is -2.26. The van der Waals surface area contributed by atoms with E-state index in [0.717, 1.165) is 42.8 Å². The highest BCUT2D eigenvalue weighted by Crippen LogP contribution is 2.26. The van der Waals surface area contributed by atoms with Crippen molar-refractivity contribution in [1.82, 2.24) is 9.88 Å². The molecule has 6 nitrogen and oxygen atoms in total. The van der Waals surface area contributed by atoms with E-state index < -0.39 is 0 Å². The van der Waals surface area contributed by atoms with Gasteiger partial charge in [-0.15, -0.1) is 0 Å². The zero-order valence-electron chi connectivity index (χ0n) is 20.5. The monoisotopic (exact) mass is 481 g/mol. The maximum atomic E-state index is 12.1. The molecule has 0 unspecified atom stereocenters. The summed E-state index contributed by atoms with van der Waals surface area (Å²) in [5.41, 5.74) is 4.00. The van der Waals surface area contributed by atoms with E-state index in [1.54, 1.807) is 12.1 Å². The van der Waals surface area contributed by atoms with Gasteiger partial charge in [-0.2, -0.15) is 0 Å². The average Bonchev–Trinajstić information content (AvgIpc) is 3.35. The van der Waals surface area contributed by atoms with Crippen LogP contribution in [-0.4, -0.2) is 48.2 Å². The van der Waals surface area contributed by atoms with Crippen LogP contribution in [0, 0.1) is 6.92 Å².